The Morgan fingerprint density at radius 1 is 1.09 bits per heavy atom. The molecule has 0 spiro atoms. The van der Waals surface area contributed by atoms with Gasteiger partial charge in [0.15, 0.2) is 0 Å². The summed E-state index contributed by atoms with van der Waals surface area (Å²) in [6.07, 6.45) is 0.961. The van der Waals surface area contributed by atoms with E-state index in [2.05, 4.69) is 17.2 Å². The molecule has 112 valence electrons. The fourth-order valence-corrected chi connectivity index (χ4v) is 1.90. The summed E-state index contributed by atoms with van der Waals surface area (Å²) in [5.41, 5.74) is 2.02. The Bertz CT molecular complexity index is 651. The molecule has 1 amide bonds. The summed E-state index contributed by atoms with van der Waals surface area (Å²) < 4.78 is 5.09. The van der Waals surface area contributed by atoms with E-state index in [1.807, 2.05) is 54.6 Å². The Balaban J connectivity index is 1.71. The molecule has 0 aliphatic carbocycles. The highest BCUT2D eigenvalue weighted by Gasteiger charge is 1.99. The van der Waals surface area contributed by atoms with Crippen LogP contribution in [0.4, 0.5) is 0 Å². The summed E-state index contributed by atoms with van der Waals surface area (Å²) in [4.78, 5) is 11.7. The van der Waals surface area contributed by atoms with Crippen LogP contribution in [0.2, 0.25) is 0 Å². The molecule has 3 nitrogen and oxygen atoms in total. The molecule has 3 heteroatoms. The van der Waals surface area contributed by atoms with Crippen molar-refractivity contribution in [2.45, 2.75) is 19.4 Å². The van der Waals surface area contributed by atoms with Gasteiger partial charge in [-0.1, -0.05) is 42.2 Å². The first-order valence-electron chi connectivity index (χ1n) is 7.21. The molecular formula is C19H19NO2. The van der Waals surface area contributed by atoms with Gasteiger partial charge in [-0.05, 0) is 29.8 Å². The molecule has 0 unspecified atom stereocenters. The van der Waals surface area contributed by atoms with E-state index in [1.54, 1.807) is 7.11 Å². The lowest BCUT2D eigenvalue weighted by molar-refractivity contribution is -0.121. The molecule has 0 radical (unpaired) electrons. The SMILES string of the molecule is COc1ccc(C#CCCC(=O)NCc2ccccc2)cc1. The van der Waals surface area contributed by atoms with Crippen LogP contribution >= 0.6 is 0 Å². The molecule has 0 saturated heterocycles. The lowest BCUT2D eigenvalue weighted by atomic mass is 10.2. The Morgan fingerprint density at radius 3 is 2.50 bits per heavy atom. The summed E-state index contributed by atoms with van der Waals surface area (Å²) in [5.74, 6) is 6.89. The second-order valence-electron chi connectivity index (χ2n) is 4.79. The average molecular weight is 293 g/mol. The highest BCUT2D eigenvalue weighted by Crippen LogP contribution is 2.10. The maximum Gasteiger partial charge on any atom is 0.221 e. The molecule has 0 bridgehead atoms. The van der Waals surface area contributed by atoms with E-state index in [4.69, 9.17) is 4.74 Å². The Labute approximate surface area is 131 Å². The maximum absolute atomic E-state index is 11.7. The van der Waals surface area contributed by atoms with Crippen LogP contribution in [0.15, 0.2) is 54.6 Å². The summed E-state index contributed by atoms with van der Waals surface area (Å²) >= 11 is 0. The Hall–Kier alpha value is -2.73. The zero-order valence-electron chi connectivity index (χ0n) is 12.6. The van der Waals surface area contributed by atoms with E-state index < -0.39 is 0 Å². The van der Waals surface area contributed by atoms with E-state index in [0.29, 0.717) is 19.4 Å². The first-order valence-corrected chi connectivity index (χ1v) is 7.21. The van der Waals surface area contributed by atoms with Gasteiger partial charge in [-0.25, -0.2) is 0 Å². The fraction of sp³-hybridized carbons (Fsp3) is 0.211. The number of benzene rings is 2. The number of methoxy groups -OCH3 is 1. The fourth-order valence-electron chi connectivity index (χ4n) is 1.90. The largest absolute Gasteiger partial charge is 0.497 e. The van der Waals surface area contributed by atoms with Gasteiger partial charge < -0.3 is 10.1 Å². The third-order valence-electron chi connectivity index (χ3n) is 3.13. The molecule has 2 rings (SSSR count). The zero-order chi connectivity index (χ0) is 15.6. The highest BCUT2D eigenvalue weighted by molar-refractivity contribution is 5.76. The number of carbonyl (C=O) groups excluding carboxylic acids is 1. The normalized spacial score (nSPS) is 9.50. The van der Waals surface area contributed by atoms with Crippen molar-refractivity contribution in [2.24, 2.45) is 0 Å². The Morgan fingerprint density at radius 2 is 1.82 bits per heavy atom. The second-order valence-corrected chi connectivity index (χ2v) is 4.79. The van der Waals surface area contributed by atoms with Crippen molar-refractivity contribution in [1.29, 1.82) is 0 Å². The average Bonchev–Trinajstić information content (AvgIpc) is 2.58. The van der Waals surface area contributed by atoms with Gasteiger partial charge in [0.05, 0.1) is 7.11 Å². The zero-order valence-corrected chi connectivity index (χ0v) is 12.6. The predicted octanol–water partition coefficient (Wildman–Crippen LogP) is 3.14. The van der Waals surface area contributed by atoms with Gasteiger partial charge in [0.25, 0.3) is 0 Å². The molecule has 0 heterocycles. The quantitative estimate of drug-likeness (QED) is 0.860. The van der Waals surface area contributed by atoms with Crippen LogP contribution in [-0.2, 0) is 11.3 Å². The van der Waals surface area contributed by atoms with Crippen molar-refractivity contribution < 1.29 is 9.53 Å². The van der Waals surface area contributed by atoms with Crippen LogP contribution in [0.25, 0.3) is 0 Å². The molecule has 0 aliphatic rings. The van der Waals surface area contributed by atoms with Gasteiger partial charge in [0.2, 0.25) is 5.91 Å². The third-order valence-corrected chi connectivity index (χ3v) is 3.13. The number of amides is 1. The first kappa shape index (κ1) is 15.7. The summed E-state index contributed by atoms with van der Waals surface area (Å²) in [5, 5.41) is 2.89. The van der Waals surface area contributed by atoms with Crippen LogP contribution in [0.5, 0.6) is 5.75 Å². The van der Waals surface area contributed by atoms with Crippen molar-refractivity contribution in [1.82, 2.24) is 5.32 Å². The molecule has 0 fully saturated rings. The number of carbonyl (C=O) groups is 1. The molecule has 0 atom stereocenters. The molecule has 0 aromatic heterocycles. The minimum atomic E-state index is 0.0212. The maximum atomic E-state index is 11.7. The van der Waals surface area contributed by atoms with Crippen molar-refractivity contribution >= 4 is 5.91 Å². The summed E-state index contributed by atoms with van der Waals surface area (Å²) in [7, 11) is 1.63. The number of hydrogen-bond donors (Lipinski definition) is 1. The van der Waals surface area contributed by atoms with Gasteiger partial charge in [0, 0.05) is 24.9 Å². The van der Waals surface area contributed by atoms with Crippen LogP contribution in [0, 0.1) is 11.8 Å². The van der Waals surface area contributed by atoms with Crippen molar-refractivity contribution in [3.8, 4) is 17.6 Å². The Kier molecular flexibility index (Phi) is 6.07. The monoisotopic (exact) mass is 293 g/mol. The topological polar surface area (TPSA) is 38.3 Å². The lowest BCUT2D eigenvalue weighted by Gasteiger charge is -2.03. The molecule has 0 saturated carbocycles. The molecular weight excluding hydrogens is 274 g/mol. The molecule has 2 aromatic rings. The lowest BCUT2D eigenvalue weighted by Crippen LogP contribution is -2.22. The molecule has 2 aromatic carbocycles. The van der Waals surface area contributed by atoms with Gasteiger partial charge >= 0.3 is 0 Å². The van der Waals surface area contributed by atoms with E-state index in [9.17, 15) is 4.79 Å². The second kappa shape index (κ2) is 8.53. The molecule has 22 heavy (non-hydrogen) atoms. The highest BCUT2D eigenvalue weighted by atomic mass is 16.5. The van der Waals surface area contributed by atoms with E-state index >= 15 is 0 Å². The van der Waals surface area contributed by atoms with Crippen LogP contribution < -0.4 is 10.1 Å². The number of hydrogen-bond acceptors (Lipinski definition) is 2. The van der Waals surface area contributed by atoms with E-state index in [-0.39, 0.29) is 5.91 Å². The number of rotatable bonds is 5. The van der Waals surface area contributed by atoms with Gasteiger partial charge in [-0.2, -0.15) is 0 Å². The van der Waals surface area contributed by atoms with E-state index in [0.717, 1.165) is 16.9 Å². The third kappa shape index (κ3) is 5.34. The van der Waals surface area contributed by atoms with Gasteiger partial charge in [-0.15, -0.1) is 0 Å². The predicted molar refractivity (Wildman–Crippen MR) is 87.4 cm³/mol. The minimum Gasteiger partial charge on any atom is -0.497 e. The van der Waals surface area contributed by atoms with Gasteiger partial charge in [0.1, 0.15) is 5.75 Å². The molecule has 0 aliphatic heterocycles. The van der Waals surface area contributed by atoms with Crippen LogP contribution in [-0.4, -0.2) is 13.0 Å². The van der Waals surface area contributed by atoms with Crippen molar-refractivity contribution in [3.05, 3.63) is 65.7 Å². The standard InChI is InChI=1S/C19H19NO2/c1-22-18-13-11-16(12-14-18)7-5-6-10-19(21)20-15-17-8-3-2-4-9-17/h2-4,8-9,11-14H,6,10,15H2,1H3,(H,20,21). The summed E-state index contributed by atoms with van der Waals surface area (Å²) in [6, 6.07) is 17.4. The van der Waals surface area contributed by atoms with Crippen molar-refractivity contribution in [3.63, 3.8) is 0 Å². The first-order chi connectivity index (χ1) is 10.8. The summed E-state index contributed by atoms with van der Waals surface area (Å²) in [6.45, 7) is 0.561. The smallest absolute Gasteiger partial charge is 0.221 e. The molecule has 1 N–H and O–H groups in total. The van der Waals surface area contributed by atoms with Crippen LogP contribution in [0.3, 0.4) is 0 Å². The van der Waals surface area contributed by atoms with Crippen LogP contribution in [0.1, 0.15) is 24.0 Å². The number of nitrogens with one attached hydrogen (secondary N) is 1. The van der Waals surface area contributed by atoms with Gasteiger partial charge in [-0.3, -0.25) is 4.79 Å². The minimum absolute atomic E-state index is 0.0212. The number of ether oxygens (including phenoxy) is 1. The van der Waals surface area contributed by atoms with Crippen molar-refractivity contribution in [2.75, 3.05) is 7.11 Å². The van der Waals surface area contributed by atoms with E-state index in [1.165, 1.54) is 0 Å².